The van der Waals surface area contributed by atoms with E-state index in [4.69, 9.17) is 16.1 Å². The molecular formula is C21H14ClN3O2. The van der Waals surface area contributed by atoms with Crippen LogP contribution in [0.3, 0.4) is 0 Å². The van der Waals surface area contributed by atoms with Gasteiger partial charge in [0, 0.05) is 16.1 Å². The second-order valence-corrected chi connectivity index (χ2v) is 6.24. The van der Waals surface area contributed by atoms with Gasteiger partial charge in [-0.2, -0.15) is 4.98 Å². The van der Waals surface area contributed by atoms with E-state index in [-0.39, 0.29) is 5.91 Å². The molecule has 0 atom stereocenters. The van der Waals surface area contributed by atoms with E-state index in [2.05, 4.69) is 15.5 Å². The predicted molar refractivity (Wildman–Crippen MR) is 105 cm³/mol. The van der Waals surface area contributed by atoms with Gasteiger partial charge in [-0.3, -0.25) is 4.79 Å². The molecule has 1 amide bonds. The van der Waals surface area contributed by atoms with E-state index in [0.29, 0.717) is 33.6 Å². The second kappa shape index (κ2) is 7.43. The van der Waals surface area contributed by atoms with Gasteiger partial charge in [0.2, 0.25) is 5.82 Å². The van der Waals surface area contributed by atoms with Crippen molar-refractivity contribution in [2.45, 2.75) is 0 Å². The number of hydrogen-bond donors (Lipinski definition) is 1. The number of rotatable bonds is 4. The topological polar surface area (TPSA) is 68.0 Å². The number of nitrogens with zero attached hydrogens (tertiary/aromatic N) is 2. The van der Waals surface area contributed by atoms with Crippen LogP contribution in [0.2, 0.25) is 5.02 Å². The van der Waals surface area contributed by atoms with Gasteiger partial charge in [-0.25, -0.2) is 0 Å². The molecule has 0 radical (unpaired) electrons. The molecule has 1 aromatic heterocycles. The smallest absolute Gasteiger partial charge is 0.260 e. The average Bonchev–Trinajstić information content (AvgIpc) is 3.19. The Kier molecular flexibility index (Phi) is 4.68. The molecule has 0 saturated heterocycles. The zero-order chi connectivity index (χ0) is 18.6. The van der Waals surface area contributed by atoms with Crippen molar-refractivity contribution in [2.24, 2.45) is 0 Å². The summed E-state index contributed by atoms with van der Waals surface area (Å²) < 4.78 is 5.42. The van der Waals surface area contributed by atoms with Gasteiger partial charge in [0.05, 0.1) is 11.3 Å². The minimum Gasteiger partial charge on any atom is -0.334 e. The van der Waals surface area contributed by atoms with Crippen molar-refractivity contribution in [3.63, 3.8) is 0 Å². The first-order valence-electron chi connectivity index (χ1n) is 8.26. The fourth-order valence-electron chi connectivity index (χ4n) is 2.64. The summed E-state index contributed by atoms with van der Waals surface area (Å²) in [7, 11) is 0. The maximum atomic E-state index is 12.5. The molecule has 0 bridgehead atoms. The van der Waals surface area contributed by atoms with Crippen LogP contribution in [0.4, 0.5) is 5.69 Å². The standard InChI is InChI=1S/C21H14ClN3O2/c22-16-10-6-9-15(13-16)20(26)23-18-12-5-4-11-17(18)21-24-19(25-27-21)14-7-2-1-3-8-14/h1-13H,(H,23,26). The molecule has 132 valence electrons. The highest BCUT2D eigenvalue weighted by Gasteiger charge is 2.16. The Morgan fingerprint density at radius 2 is 1.70 bits per heavy atom. The third-order valence-corrected chi connectivity index (χ3v) is 4.19. The summed E-state index contributed by atoms with van der Waals surface area (Å²) >= 11 is 5.97. The molecule has 5 nitrogen and oxygen atoms in total. The largest absolute Gasteiger partial charge is 0.334 e. The number of halogens is 1. The molecule has 6 heteroatoms. The van der Waals surface area contributed by atoms with E-state index < -0.39 is 0 Å². The Morgan fingerprint density at radius 3 is 2.52 bits per heavy atom. The molecule has 27 heavy (non-hydrogen) atoms. The number of carbonyl (C=O) groups excluding carboxylic acids is 1. The first kappa shape index (κ1) is 17.0. The van der Waals surface area contributed by atoms with Crippen molar-refractivity contribution < 1.29 is 9.32 Å². The zero-order valence-corrected chi connectivity index (χ0v) is 14.9. The van der Waals surface area contributed by atoms with E-state index >= 15 is 0 Å². The molecule has 0 aliphatic rings. The summed E-state index contributed by atoms with van der Waals surface area (Å²) in [4.78, 5) is 17.0. The SMILES string of the molecule is O=C(Nc1ccccc1-c1nc(-c2ccccc2)no1)c1cccc(Cl)c1. The summed E-state index contributed by atoms with van der Waals surface area (Å²) in [5.41, 5.74) is 2.54. The number of aromatic nitrogens is 2. The lowest BCUT2D eigenvalue weighted by Gasteiger charge is -2.08. The van der Waals surface area contributed by atoms with Gasteiger partial charge in [-0.15, -0.1) is 0 Å². The molecule has 0 aliphatic carbocycles. The van der Waals surface area contributed by atoms with E-state index in [1.165, 1.54) is 0 Å². The molecule has 0 aliphatic heterocycles. The summed E-state index contributed by atoms with van der Waals surface area (Å²) in [5, 5.41) is 7.41. The molecule has 4 rings (SSSR count). The predicted octanol–water partition coefficient (Wildman–Crippen LogP) is 5.31. The van der Waals surface area contributed by atoms with Crippen LogP contribution >= 0.6 is 11.6 Å². The number of para-hydroxylation sites is 1. The third-order valence-electron chi connectivity index (χ3n) is 3.95. The Bertz CT molecular complexity index is 1090. The van der Waals surface area contributed by atoms with Gasteiger partial charge in [0.25, 0.3) is 11.8 Å². The lowest BCUT2D eigenvalue weighted by Crippen LogP contribution is -2.12. The average molecular weight is 376 g/mol. The van der Waals surface area contributed by atoms with E-state index in [9.17, 15) is 4.79 Å². The summed E-state index contributed by atoms with van der Waals surface area (Å²) in [5.74, 6) is 0.546. The first-order valence-corrected chi connectivity index (χ1v) is 8.64. The lowest BCUT2D eigenvalue weighted by atomic mass is 10.1. The number of nitrogens with one attached hydrogen (secondary N) is 1. The normalized spacial score (nSPS) is 10.6. The van der Waals surface area contributed by atoms with Gasteiger partial charge in [0.15, 0.2) is 0 Å². The molecule has 0 saturated carbocycles. The van der Waals surface area contributed by atoms with Gasteiger partial charge < -0.3 is 9.84 Å². The Balaban J connectivity index is 1.64. The maximum absolute atomic E-state index is 12.5. The first-order chi connectivity index (χ1) is 13.2. The monoisotopic (exact) mass is 375 g/mol. The van der Waals surface area contributed by atoms with Crippen LogP contribution in [0.5, 0.6) is 0 Å². The van der Waals surface area contributed by atoms with Crippen LogP contribution in [0.15, 0.2) is 83.4 Å². The van der Waals surface area contributed by atoms with Crippen LogP contribution in [0, 0.1) is 0 Å². The summed E-state index contributed by atoms with van der Waals surface area (Å²) in [6.45, 7) is 0. The van der Waals surface area contributed by atoms with Gasteiger partial charge in [0.1, 0.15) is 0 Å². The van der Waals surface area contributed by atoms with Crippen molar-refractivity contribution in [3.8, 4) is 22.8 Å². The number of carbonyl (C=O) groups is 1. The van der Waals surface area contributed by atoms with Crippen LogP contribution in [0.25, 0.3) is 22.8 Å². The maximum Gasteiger partial charge on any atom is 0.260 e. The quantitative estimate of drug-likeness (QED) is 0.525. The minimum atomic E-state index is -0.271. The summed E-state index contributed by atoms with van der Waals surface area (Å²) in [6.07, 6.45) is 0. The van der Waals surface area contributed by atoms with E-state index in [1.807, 2.05) is 48.5 Å². The fraction of sp³-hybridized carbons (Fsp3) is 0. The number of benzene rings is 3. The van der Waals surface area contributed by atoms with Crippen molar-refractivity contribution in [3.05, 3.63) is 89.4 Å². The van der Waals surface area contributed by atoms with E-state index in [1.54, 1.807) is 30.3 Å². The van der Waals surface area contributed by atoms with Crippen LogP contribution in [-0.4, -0.2) is 16.0 Å². The Morgan fingerprint density at radius 1 is 0.926 bits per heavy atom. The molecule has 1 N–H and O–H groups in total. The van der Waals surface area contributed by atoms with Crippen LogP contribution in [-0.2, 0) is 0 Å². The molecule has 0 fully saturated rings. The van der Waals surface area contributed by atoms with Crippen LogP contribution < -0.4 is 5.32 Å². The third kappa shape index (κ3) is 3.73. The molecule has 0 unspecified atom stereocenters. The fourth-order valence-corrected chi connectivity index (χ4v) is 2.83. The highest BCUT2D eigenvalue weighted by Crippen LogP contribution is 2.29. The molecule has 1 heterocycles. The molecular weight excluding hydrogens is 362 g/mol. The van der Waals surface area contributed by atoms with Gasteiger partial charge >= 0.3 is 0 Å². The second-order valence-electron chi connectivity index (χ2n) is 5.80. The molecule has 3 aromatic carbocycles. The highest BCUT2D eigenvalue weighted by molar-refractivity contribution is 6.31. The molecule has 4 aromatic rings. The summed E-state index contributed by atoms with van der Waals surface area (Å²) in [6, 6.07) is 23.6. The van der Waals surface area contributed by atoms with Gasteiger partial charge in [-0.1, -0.05) is 65.3 Å². The number of anilines is 1. The highest BCUT2D eigenvalue weighted by atomic mass is 35.5. The zero-order valence-electron chi connectivity index (χ0n) is 14.1. The van der Waals surface area contributed by atoms with Gasteiger partial charge in [-0.05, 0) is 30.3 Å². The van der Waals surface area contributed by atoms with Crippen molar-refractivity contribution in [2.75, 3.05) is 5.32 Å². The van der Waals surface area contributed by atoms with E-state index in [0.717, 1.165) is 5.56 Å². The van der Waals surface area contributed by atoms with Crippen LogP contribution in [0.1, 0.15) is 10.4 Å². The Hall–Kier alpha value is -3.44. The lowest BCUT2D eigenvalue weighted by molar-refractivity contribution is 0.102. The van der Waals surface area contributed by atoms with Crippen molar-refractivity contribution in [1.29, 1.82) is 0 Å². The van der Waals surface area contributed by atoms with Crippen molar-refractivity contribution in [1.82, 2.24) is 10.1 Å². The number of amides is 1. The molecule has 0 spiro atoms. The van der Waals surface area contributed by atoms with Crippen molar-refractivity contribution >= 4 is 23.2 Å². The minimum absolute atomic E-state index is 0.271. The number of hydrogen-bond acceptors (Lipinski definition) is 4. The Labute approximate surface area is 160 Å².